The SMILES string of the molecule is CCOC(=O)C(=O)C1=Cc2cccc(O)c2S1(=O)=O. The molecule has 7 heteroatoms. The molecule has 6 nitrogen and oxygen atoms in total. The second-order valence-electron chi connectivity index (χ2n) is 3.76. The van der Waals surface area contributed by atoms with Crippen LogP contribution >= 0.6 is 0 Å². The van der Waals surface area contributed by atoms with Gasteiger partial charge < -0.3 is 9.84 Å². The maximum Gasteiger partial charge on any atom is 0.380 e. The highest BCUT2D eigenvalue weighted by atomic mass is 32.2. The Labute approximate surface area is 109 Å². The molecule has 0 bridgehead atoms. The van der Waals surface area contributed by atoms with Gasteiger partial charge in [0.15, 0.2) is 0 Å². The van der Waals surface area contributed by atoms with E-state index >= 15 is 0 Å². The third kappa shape index (κ3) is 2.01. The Bertz CT molecular complexity index is 699. The Morgan fingerprint density at radius 1 is 1.32 bits per heavy atom. The van der Waals surface area contributed by atoms with Crippen LogP contribution in [-0.2, 0) is 24.2 Å². The standard InChI is InChI=1S/C12H10O6S/c1-2-18-12(15)10(14)9-6-7-4-3-5-8(13)11(7)19(9,16)17/h3-6,13H,2H2,1H3. The first-order valence-corrected chi connectivity index (χ1v) is 6.88. The molecule has 1 N–H and O–H groups in total. The number of sulfone groups is 1. The summed E-state index contributed by atoms with van der Waals surface area (Å²) < 4.78 is 28.7. The predicted octanol–water partition coefficient (Wildman–Crippen LogP) is 0.653. The van der Waals surface area contributed by atoms with Crippen molar-refractivity contribution in [3.8, 4) is 5.75 Å². The summed E-state index contributed by atoms with van der Waals surface area (Å²) in [7, 11) is -4.18. The molecule has 0 spiro atoms. The van der Waals surface area contributed by atoms with Crippen LogP contribution in [0.2, 0.25) is 0 Å². The Hall–Kier alpha value is -2.15. The molecule has 0 aromatic heterocycles. The summed E-state index contributed by atoms with van der Waals surface area (Å²) in [5.41, 5.74) is 0.174. The predicted molar refractivity (Wildman–Crippen MR) is 64.9 cm³/mol. The summed E-state index contributed by atoms with van der Waals surface area (Å²) in [6.45, 7) is 1.47. The smallest absolute Gasteiger partial charge is 0.380 e. The number of hydrogen-bond donors (Lipinski definition) is 1. The Morgan fingerprint density at radius 3 is 2.58 bits per heavy atom. The first-order valence-electron chi connectivity index (χ1n) is 5.39. The topological polar surface area (TPSA) is 97.7 Å². The molecular formula is C12H10O6S. The number of hydrogen-bond acceptors (Lipinski definition) is 6. The molecule has 1 aromatic rings. The number of phenols is 1. The number of benzene rings is 1. The Kier molecular flexibility index (Phi) is 3.15. The van der Waals surface area contributed by atoms with Gasteiger partial charge in [0.2, 0.25) is 9.84 Å². The molecule has 0 saturated heterocycles. The van der Waals surface area contributed by atoms with E-state index in [1.165, 1.54) is 25.1 Å². The van der Waals surface area contributed by atoms with Crippen molar-refractivity contribution < 1.29 is 27.9 Å². The van der Waals surface area contributed by atoms with Gasteiger partial charge in [-0.3, -0.25) is 4.79 Å². The summed E-state index contributed by atoms with van der Waals surface area (Å²) in [5, 5.41) is 9.57. The van der Waals surface area contributed by atoms with Crippen LogP contribution in [0.15, 0.2) is 28.0 Å². The number of carbonyl (C=O) groups excluding carboxylic acids is 2. The molecular weight excluding hydrogens is 272 g/mol. The van der Waals surface area contributed by atoms with E-state index in [9.17, 15) is 23.1 Å². The number of carbonyl (C=O) groups is 2. The first-order chi connectivity index (χ1) is 8.89. The van der Waals surface area contributed by atoms with E-state index in [0.717, 1.165) is 6.08 Å². The summed E-state index contributed by atoms with van der Waals surface area (Å²) in [6, 6.07) is 4.07. The minimum Gasteiger partial charge on any atom is -0.507 e. The molecule has 100 valence electrons. The number of ether oxygens (including phenoxy) is 1. The van der Waals surface area contributed by atoms with E-state index in [0.29, 0.717) is 0 Å². The summed E-state index contributed by atoms with van der Waals surface area (Å²) in [6.07, 6.45) is 1.06. The van der Waals surface area contributed by atoms with E-state index in [1.54, 1.807) is 0 Å². The largest absolute Gasteiger partial charge is 0.507 e. The van der Waals surface area contributed by atoms with Crippen molar-refractivity contribution in [3.63, 3.8) is 0 Å². The Morgan fingerprint density at radius 2 is 2.00 bits per heavy atom. The molecule has 1 aliphatic rings. The van der Waals surface area contributed by atoms with Gasteiger partial charge in [0.25, 0.3) is 5.78 Å². The van der Waals surface area contributed by atoms with Crippen molar-refractivity contribution in [1.29, 1.82) is 0 Å². The van der Waals surface area contributed by atoms with E-state index in [1.807, 2.05) is 0 Å². The van der Waals surface area contributed by atoms with Crippen molar-refractivity contribution in [1.82, 2.24) is 0 Å². The van der Waals surface area contributed by atoms with E-state index in [2.05, 4.69) is 4.74 Å². The molecule has 1 heterocycles. The normalized spacial score (nSPS) is 15.5. The third-order valence-electron chi connectivity index (χ3n) is 2.55. The minimum absolute atomic E-state index is 0.0316. The number of phenolic OH excluding ortho intramolecular Hbond substituents is 1. The number of ketones is 1. The van der Waals surface area contributed by atoms with E-state index < -0.39 is 32.2 Å². The zero-order valence-electron chi connectivity index (χ0n) is 9.91. The molecule has 0 unspecified atom stereocenters. The van der Waals surface area contributed by atoms with Gasteiger partial charge in [-0.2, -0.15) is 0 Å². The lowest BCUT2D eigenvalue weighted by atomic mass is 10.2. The average Bonchev–Trinajstić information content (AvgIpc) is 2.61. The maximum absolute atomic E-state index is 12.1. The maximum atomic E-state index is 12.1. The summed E-state index contributed by atoms with van der Waals surface area (Å²) in [5.74, 6) is -2.93. The van der Waals surface area contributed by atoms with Crippen LogP contribution in [0, 0.1) is 0 Å². The quantitative estimate of drug-likeness (QED) is 0.645. The van der Waals surface area contributed by atoms with Gasteiger partial charge in [0, 0.05) is 0 Å². The second-order valence-corrected chi connectivity index (χ2v) is 5.61. The highest BCUT2D eigenvalue weighted by Gasteiger charge is 2.39. The van der Waals surface area contributed by atoms with Crippen molar-refractivity contribution in [2.75, 3.05) is 6.61 Å². The van der Waals surface area contributed by atoms with Gasteiger partial charge in [-0.1, -0.05) is 12.1 Å². The van der Waals surface area contributed by atoms with Gasteiger partial charge in [-0.15, -0.1) is 0 Å². The fourth-order valence-corrected chi connectivity index (χ4v) is 3.37. The number of fused-ring (bicyclic) bond motifs is 1. The van der Waals surface area contributed by atoms with Crippen LogP contribution in [0.3, 0.4) is 0 Å². The molecule has 0 aliphatic carbocycles. The first kappa shape index (κ1) is 13.3. The van der Waals surface area contributed by atoms with Gasteiger partial charge in [-0.05, 0) is 24.6 Å². The van der Waals surface area contributed by atoms with Gasteiger partial charge in [-0.25, -0.2) is 13.2 Å². The van der Waals surface area contributed by atoms with E-state index in [4.69, 9.17) is 0 Å². The second kappa shape index (κ2) is 4.51. The van der Waals surface area contributed by atoms with Crippen LogP contribution in [0.4, 0.5) is 0 Å². The number of Topliss-reactive ketones (excluding diaryl/α,β-unsaturated/α-hetero) is 1. The van der Waals surface area contributed by atoms with Crippen LogP contribution in [0.25, 0.3) is 6.08 Å². The zero-order chi connectivity index (χ0) is 14.2. The van der Waals surface area contributed by atoms with Crippen molar-refractivity contribution in [2.24, 2.45) is 0 Å². The van der Waals surface area contributed by atoms with Crippen LogP contribution in [0.5, 0.6) is 5.75 Å². The van der Waals surface area contributed by atoms with Gasteiger partial charge in [0.1, 0.15) is 15.6 Å². The van der Waals surface area contributed by atoms with Crippen molar-refractivity contribution in [3.05, 3.63) is 28.7 Å². The van der Waals surface area contributed by atoms with Crippen molar-refractivity contribution >= 4 is 27.7 Å². The monoisotopic (exact) mass is 282 g/mol. The highest BCUT2D eigenvalue weighted by Crippen LogP contribution is 2.38. The fourth-order valence-electron chi connectivity index (χ4n) is 1.76. The lowest BCUT2D eigenvalue weighted by molar-refractivity contribution is -0.151. The van der Waals surface area contributed by atoms with Gasteiger partial charge in [0.05, 0.1) is 6.61 Å². The fraction of sp³-hybridized carbons (Fsp3) is 0.167. The van der Waals surface area contributed by atoms with Gasteiger partial charge >= 0.3 is 5.97 Å². The highest BCUT2D eigenvalue weighted by molar-refractivity contribution is 7.97. The zero-order valence-corrected chi connectivity index (χ0v) is 10.7. The lowest BCUT2D eigenvalue weighted by Gasteiger charge is -2.04. The summed E-state index contributed by atoms with van der Waals surface area (Å²) in [4.78, 5) is 22.0. The molecule has 0 saturated carbocycles. The molecule has 19 heavy (non-hydrogen) atoms. The molecule has 0 amide bonds. The van der Waals surface area contributed by atoms with Crippen molar-refractivity contribution in [2.45, 2.75) is 11.8 Å². The number of aromatic hydroxyl groups is 1. The third-order valence-corrected chi connectivity index (χ3v) is 4.42. The number of esters is 1. The Balaban J connectivity index is 2.51. The minimum atomic E-state index is -4.18. The molecule has 0 atom stereocenters. The average molecular weight is 282 g/mol. The van der Waals surface area contributed by atoms with Crippen LogP contribution in [0.1, 0.15) is 12.5 Å². The van der Waals surface area contributed by atoms with Crippen LogP contribution < -0.4 is 0 Å². The molecule has 0 fully saturated rings. The van der Waals surface area contributed by atoms with Crippen LogP contribution in [-0.4, -0.2) is 31.9 Å². The lowest BCUT2D eigenvalue weighted by Crippen LogP contribution is -2.22. The molecule has 1 aliphatic heterocycles. The molecule has 0 radical (unpaired) electrons. The molecule has 2 rings (SSSR count). The number of rotatable bonds is 3. The van der Waals surface area contributed by atoms with E-state index in [-0.39, 0.29) is 17.1 Å². The summed E-state index contributed by atoms with van der Waals surface area (Å²) >= 11 is 0. The molecule has 1 aromatic carbocycles.